The van der Waals surface area contributed by atoms with Crippen LogP contribution in [0.15, 0.2) is 42.6 Å². The van der Waals surface area contributed by atoms with Gasteiger partial charge in [-0.2, -0.15) is 0 Å². The van der Waals surface area contributed by atoms with E-state index in [0.717, 1.165) is 6.42 Å². The Bertz CT molecular complexity index is 680. The lowest BCUT2D eigenvalue weighted by Crippen LogP contribution is -2.24. The minimum absolute atomic E-state index is 0.0827. The molecule has 1 aliphatic heterocycles. The summed E-state index contributed by atoms with van der Waals surface area (Å²) in [7, 11) is 0. The molecule has 1 fully saturated rings. The number of nitrogens with zero attached hydrogens (tertiary/aromatic N) is 2. The highest BCUT2D eigenvalue weighted by Gasteiger charge is 2.22. The molecule has 0 radical (unpaired) electrons. The summed E-state index contributed by atoms with van der Waals surface area (Å²) in [5.74, 6) is 0.572. The molecule has 1 amide bonds. The molecule has 1 aromatic carbocycles. The molecule has 0 aliphatic carbocycles. The van der Waals surface area contributed by atoms with Gasteiger partial charge in [0, 0.05) is 35.3 Å². The molecule has 1 aromatic heterocycles. The third-order valence-corrected chi connectivity index (χ3v) is 3.72. The average molecular weight is 301 g/mol. The third-order valence-electron chi connectivity index (χ3n) is 3.47. The van der Waals surface area contributed by atoms with E-state index in [1.54, 1.807) is 41.3 Å². The van der Waals surface area contributed by atoms with Gasteiger partial charge in [-0.3, -0.25) is 14.5 Å². The van der Waals surface area contributed by atoms with E-state index in [4.69, 9.17) is 11.6 Å². The van der Waals surface area contributed by atoms with E-state index in [1.165, 1.54) is 6.20 Å². The van der Waals surface area contributed by atoms with Crippen molar-refractivity contribution in [3.05, 3.63) is 58.7 Å². The van der Waals surface area contributed by atoms with Gasteiger partial charge >= 0.3 is 0 Å². The van der Waals surface area contributed by atoms with Gasteiger partial charge in [0.2, 0.25) is 5.91 Å². The molecule has 0 unspecified atom stereocenters. The Morgan fingerprint density at radius 1 is 1.10 bits per heavy atom. The molecule has 0 saturated carbocycles. The summed E-state index contributed by atoms with van der Waals surface area (Å²) in [5, 5.41) is 0.590. The fourth-order valence-corrected chi connectivity index (χ4v) is 2.46. The smallest absolute Gasteiger partial charge is 0.228 e. The maximum absolute atomic E-state index is 12.3. The normalized spacial score (nSPS) is 14.5. The Morgan fingerprint density at radius 3 is 2.38 bits per heavy atom. The number of carbonyl (C=O) groups excluding carboxylic acids is 2. The van der Waals surface area contributed by atoms with Crippen LogP contribution in [-0.4, -0.2) is 23.2 Å². The maximum atomic E-state index is 12.3. The second kappa shape index (κ2) is 5.66. The van der Waals surface area contributed by atoms with Gasteiger partial charge in [0.15, 0.2) is 5.78 Å². The Kier molecular flexibility index (Phi) is 3.71. The zero-order valence-electron chi connectivity index (χ0n) is 11.3. The van der Waals surface area contributed by atoms with Crippen LogP contribution in [0, 0.1) is 0 Å². The fourth-order valence-electron chi connectivity index (χ4n) is 2.34. The number of ketones is 1. The number of halogens is 1. The highest BCUT2D eigenvalue weighted by molar-refractivity contribution is 6.30. The second-order valence-electron chi connectivity index (χ2n) is 4.89. The van der Waals surface area contributed by atoms with Crippen molar-refractivity contribution < 1.29 is 9.59 Å². The molecule has 5 heteroatoms. The standard InChI is InChI=1S/C16H13ClN2O2/c17-13-6-3-11(4-7-13)16(21)12-5-8-14(18-10-12)19-9-1-2-15(19)20/h3-8,10H,1-2,9H2. The van der Waals surface area contributed by atoms with Crippen molar-refractivity contribution in [2.45, 2.75) is 12.8 Å². The number of amides is 1. The lowest BCUT2D eigenvalue weighted by Gasteiger charge is -2.14. The van der Waals surface area contributed by atoms with Crippen molar-refractivity contribution in [2.75, 3.05) is 11.4 Å². The SMILES string of the molecule is O=C(c1ccc(Cl)cc1)c1ccc(N2CCCC2=O)nc1. The molecular formula is C16H13ClN2O2. The van der Waals surface area contributed by atoms with E-state index in [1.807, 2.05) is 0 Å². The first-order valence-electron chi connectivity index (χ1n) is 6.72. The molecular weight excluding hydrogens is 288 g/mol. The molecule has 3 rings (SSSR count). The van der Waals surface area contributed by atoms with E-state index in [0.29, 0.717) is 34.9 Å². The van der Waals surface area contributed by atoms with Crippen molar-refractivity contribution in [1.82, 2.24) is 4.98 Å². The Labute approximate surface area is 127 Å². The predicted molar refractivity (Wildman–Crippen MR) is 80.7 cm³/mol. The van der Waals surface area contributed by atoms with Crippen LogP contribution in [0.1, 0.15) is 28.8 Å². The molecule has 0 spiro atoms. The molecule has 0 N–H and O–H groups in total. The Morgan fingerprint density at radius 2 is 1.81 bits per heavy atom. The molecule has 106 valence electrons. The Balaban J connectivity index is 1.82. The van der Waals surface area contributed by atoms with Crippen molar-refractivity contribution in [3.63, 3.8) is 0 Å². The lowest BCUT2D eigenvalue weighted by atomic mass is 10.1. The lowest BCUT2D eigenvalue weighted by molar-refractivity contribution is -0.117. The zero-order chi connectivity index (χ0) is 14.8. The topological polar surface area (TPSA) is 50.3 Å². The van der Waals surface area contributed by atoms with Crippen molar-refractivity contribution in [3.8, 4) is 0 Å². The molecule has 2 aromatic rings. The van der Waals surface area contributed by atoms with Crippen LogP contribution >= 0.6 is 11.6 Å². The van der Waals surface area contributed by atoms with Crippen LogP contribution in [0.2, 0.25) is 5.02 Å². The van der Waals surface area contributed by atoms with Gasteiger partial charge in [-0.05, 0) is 42.8 Å². The maximum Gasteiger partial charge on any atom is 0.228 e. The van der Waals surface area contributed by atoms with Gasteiger partial charge in [-0.25, -0.2) is 4.98 Å². The van der Waals surface area contributed by atoms with Gasteiger partial charge in [-0.1, -0.05) is 11.6 Å². The number of rotatable bonds is 3. The van der Waals surface area contributed by atoms with Gasteiger partial charge in [0.1, 0.15) is 5.82 Å². The minimum Gasteiger partial charge on any atom is -0.297 e. The number of hydrogen-bond acceptors (Lipinski definition) is 3. The summed E-state index contributed by atoms with van der Waals surface area (Å²) < 4.78 is 0. The number of pyridine rings is 1. The average Bonchev–Trinajstić information content (AvgIpc) is 2.94. The number of hydrogen-bond donors (Lipinski definition) is 0. The molecule has 4 nitrogen and oxygen atoms in total. The molecule has 21 heavy (non-hydrogen) atoms. The van der Waals surface area contributed by atoms with E-state index in [-0.39, 0.29) is 11.7 Å². The number of benzene rings is 1. The zero-order valence-corrected chi connectivity index (χ0v) is 12.0. The number of anilines is 1. The predicted octanol–water partition coefficient (Wildman–Crippen LogP) is 3.09. The van der Waals surface area contributed by atoms with Gasteiger partial charge < -0.3 is 0 Å². The Hall–Kier alpha value is -2.20. The van der Waals surface area contributed by atoms with Crippen LogP contribution in [-0.2, 0) is 4.79 Å². The summed E-state index contributed by atoms with van der Waals surface area (Å²) in [6, 6.07) is 10.1. The second-order valence-corrected chi connectivity index (χ2v) is 5.33. The summed E-state index contributed by atoms with van der Waals surface area (Å²) >= 11 is 5.81. The van der Waals surface area contributed by atoms with Crippen LogP contribution in [0.4, 0.5) is 5.82 Å². The van der Waals surface area contributed by atoms with Crippen molar-refractivity contribution in [1.29, 1.82) is 0 Å². The highest BCUT2D eigenvalue weighted by atomic mass is 35.5. The summed E-state index contributed by atoms with van der Waals surface area (Å²) in [6.07, 6.45) is 2.93. The van der Waals surface area contributed by atoms with E-state index in [9.17, 15) is 9.59 Å². The molecule has 2 heterocycles. The van der Waals surface area contributed by atoms with Crippen LogP contribution < -0.4 is 4.90 Å². The van der Waals surface area contributed by atoms with Crippen LogP contribution in [0.3, 0.4) is 0 Å². The quantitative estimate of drug-likeness (QED) is 0.819. The van der Waals surface area contributed by atoms with Crippen LogP contribution in [0.25, 0.3) is 0 Å². The third kappa shape index (κ3) is 2.81. The van der Waals surface area contributed by atoms with Crippen LogP contribution in [0.5, 0.6) is 0 Å². The van der Waals surface area contributed by atoms with Gasteiger partial charge in [-0.15, -0.1) is 0 Å². The number of carbonyl (C=O) groups is 2. The van der Waals surface area contributed by atoms with E-state index >= 15 is 0 Å². The summed E-state index contributed by atoms with van der Waals surface area (Å²) in [6.45, 7) is 0.691. The number of aromatic nitrogens is 1. The van der Waals surface area contributed by atoms with Crippen molar-refractivity contribution in [2.24, 2.45) is 0 Å². The largest absolute Gasteiger partial charge is 0.297 e. The highest BCUT2D eigenvalue weighted by Crippen LogP contribution is 2.20. The first kappa shape index (κ1) is 13.8. The first-order valence-corrected chi connectivity index (χ1v) is 7.09. The monoisotopic (exact) mass is 300 g/mol. The molecule has 1 aliphatic rings. The molecule has 1 saturated heterocycles. The van der Waals surface area contributed by atoms with Crippen molar-refractivity contribution >= 4 is 29.1 Å². The molecule has 0 bridgehead atoms. The van der Waals surface area contributed by atoms with Gasteiger partial charge in [0.05, 0.1) is 0 Å². The summed E-state index contributed by atoms with van der Waals surface area (Å²) in [5.41, 5.74) is 1.05. The van der Waals surface area contributed by atoms with Gasteiger partial charge in [0.25, 0.3) is 0 Å². The van der Waals surface area contributed by atoms with E-state index in [2.05, 4.69) is 4.98 Å². The fraction of sp³-hybridized carbons (Fsp3) is 0.188. The summed E-state index contributed by atoms with van der Waals surface area (Å²) in [4.78, 5) is 29.8. The van der Waals surface area contributed by atoms with E-state index < -0.39 is 0 Å². The molecule has 0 atom stereocenters. The first-order chi connectivity index (χ1) is 10.1. The minimum atomic E-state index is -0.113.